The zero-order chi connectivity index (χ0) is 33.8. The first-order chi connectivity index (χ1) is 22.5. The number of rotatable bonds is 39. The summed E-state index contributed by atoms with van der Waals surface area (Å²) in [4.78, 5) is 0. The molecule has 46 heavy (non-hydrogen) atoms. The summed E-state index contributed by atoms with van der Waals surface area (Å²) >= 11 is 0. The molecule has 0 saturated carbocycles. The van der Waals surface area contributed by atoms with Crippen LogP contribution in [0.15, 0.2) is 0 Å². The minimum absolute atomic E-state index is 0.447. The Kier molecular flexibility index (Phi) is 38.4. The molecule has 0 rings (SSSR count). The van der Waals surface area contributed by atoms with Gasteiger partial charge in [-0.05, 0) is 40.5 Å². The second-order valence-corrected chi connectivity index (χ2v) is 16.5. The molecular weight excluding hydrogens is 581 g/mol. The molecule has 4 heteroatoms. The predicted molar refractivity (Wildman–Crippen MR) is 210 cm³/mol. The van der Waals surface area contributed by atoms with Gasteiger partial charge in [0.05, 0.1) is 13.2 Å². The van der Waals surface area contributed by atoms with Gasteiger partial charge in [0.1, 0.15) is 0 Å². The lowest BCUT2D eigenvalue weighted by Crippen LogP contribution is -2.33. The van der Waals surface area contributed by atoms with E-state index >= 15 is 0 Å². The van der Waals surface area contributed by atoms with Crippen LogP contribution in [0.25, 0.3) is 0 Å². The highest BCUT2D eigenvalue weighted by atomic mass is 31.2. The van der Waals surface area contributed by atoms with Crippen LogP contribution in [0, 0.1) is 0 Å². The maximum Gasteiger partial charge on any atom is 0.259 e. The first kappa shape index (κ1) is 46.3. The Labute approximate surface area is 293 Å². The van der Waals surface area contributed by atoms with E-state index in [0.29, 0.717) is 12.1 Å². The molecular formula is C42H88NO2P. The van der Waals surface area contributed by atoms with Crippen LogP contribution < -0.4 is 0 Å². The molecule has 0 aromatic carbocycles. The van der Waals surface area contributed by atoms with Crippen LogP contribution >= 0.6 is 8.53 Å². The van der Waals surface area contributed by atoms with Crippen LogP contribution in [0.1, 0.15) is 247 Å². The fourth-order valence-corrected chi connectivity index (χ4v) is 8.40. The largest absolute Gasteiger partial charge is 0.322 e. The summed E-state index contributed by atoms with van der Waals surface area (Å²) in [5.41, 5.74) is 0. The third-order valence-corrected chi connectivity index (χ3v) is 11.8. The Bertz CT molecular complexity index is 512. The molecule has 0 heterocycles. The van der Waals surface area contributed by atoms with Gasteiger partial charge >= 0.3 is 0 Å². The van der Waals surface area contributed by atoms with E-state index in [1.165, 1.54) is 205 Å². The van der Waals surface area contributed by atoms with Crippen molar-refractivity contribution < 1.29 is 9.05 Å². The average molecular weight is 670 g/mol. The number of hydrogen-bond acceptors (Lipinski definition) is 3. The van der Waals surface area contributed by atoms with Gasteiger partial charge in [0.2, 0.25) is 0 Å². The van der Waals surface area contributed by atoms with E-state index in [1.54, 1.807) is 0 Å². The summed E-state index contributed by atoms with van der Waals surface area (Å²) in [6.07, 6.45) is 45.0. The van der Waals surface area contributed by atoms with Crippen LogP contribution in [0.5, 0.6) is 0 Å². The van der Waals surface area contributed by atoms with Crippen molar-refractivity contribution in [1.82, 2.24) is 4.67 Å². The van der Waals surface area contributed by atoms with Gasteiger partial charge in [-0.2, -0.15) is 0 Å². The highest BCUT2D eigenvalue weighted by Crippen LogP contribution is 2.46. The molecule has 0 aliphatic carbocycles. The van der Waals surface area contributed by atoms with Gasteiger partial charge in [-0.1, -0.05) is 206 Å². The maximum atomic E-state index is 6.44. The molecule has 0 unspecified atom stereocenters. The van der Waals surface area contributed by atoms with Crippen molar-refractivity contribution >= 4 is 8.53 Å². The molecule has 0 saturated heterocycles. The molecule has 0 aliphatic rings. The molecule has 0 bridgehead atoms. The van der Waals surface area contributed by atoms with Gasteiger partial charge in [0.15, 0.2) is 0 Å². The molecule has 0 radical (unpaired) electrons. The summed E-state index contributed by atoms with van der Waals surface area (Å²) < 4.78 is 15.4. The Balaban J connectivity index is 3.78. The maximum absolute atomic E-state index is 6.44. The summed E-state index contributed by atoms with van der Waals surface area (Å²) in [5, 5.41) is 0. The van der Waals surface area contributed by atoms with Gasteiger partial charge in [-0.25, -0.2) is 4.67 Å². The molecule has 0 fully saturated rings. The van der Waals surface area contributed by atoms with Gasteiger partial charge in [0, 0.05) is 12.1 Å². The van der Waals surface area contributed by atoms with Crippen LogP contribution in [0.3, 0.4) is 0 Å². The average Bonchev–Trinajstić information content (AvgIpc) is 3.03. The van der Waals surface area contributed by atoms with Crippen molar-refractivity contribution in [2.75, 3.05) is 13.2 Å². The van der Waals surface area contributed by atoms with Crippen LogP contribution in [0.2, 0.25) is 0 Å². The van der Waals surface area contributed by atoms with Crippen LogP contribution in [-0.2, 0) is 9.05 Å². The quantitative estimate of drug-likeness (QED) is 0.0480. The van der Waals surface area contributed by atoms with Gasteiger partial charge < -0.3 is 9.05 Å². The zero-order valence-corrected chi connectivity index (χ0v) is 33.8. The minimum Gasteiger partial charge on any atom is -0.322 e. The number of nitrogens with zero attached hydrogens (tertiary/aromatic N) is 1. The first-order valence-electron chi connectivity index (χ1n) is 21.4. The predicted octanol–water partition coefficient (Wildman–Crippen LogP) is 15.9. The minimum atomic E-state index is -0.957. The molecule has 0 amide bonds. The van der Waals surface area contributed by atoms with E-state index in [-0.39, 0.29) is 0 Å². The SMILES string of the molecule is CCCCCCCCCCCCCCCCCCOP(OCCCCCCCCCCCCCCCCCC)N(C(C)C)C(C)C. The molecule has 278 valence electrons. The molecule has 0 aromatic rings. The third kappa shape index (κ3) is 32.8. The smallest absolute Gasteiger partial charge is 0.259 e. The number of unbranched alkanes of at least 4 members (excludes halogenated alkanes) is 30. The fraction of sp³-hybridized carbons (Fsp3) is 1.00. The number of hydrogen-bond donors (Lipinski definition) is 0. The van der Waals surface area contributed by atoms with Crippen molar-refractivity contribution in [2.24, 2.45) is 0 Å². The van der Waals surface area contributed by atoms with Crippen LogP contribution in [0.4, 0.5) is 0 Å². The zero-order valence-electron chi connectivity index (χ0n) is 32.9. The Morgan fingerprint density at radius 3 is 0.717 bits per heavy atom. The summed E-state index contributed by atoms with van der Waals surface area (Å²) in [7, 11) is -0.957. The topological polar surface area (TPSA) is 21.7 Å². The third-order valence-electron chi connectivity index (χ3n) is 9.65. The van der Waals surface area contributed by atoms with Crippen molar-refractivity contribution in [3.05, 3.63) is 0 Å². The first-order valence-corrected chi connectivity index (χ1v) is 22.5. The van der Waals surface area contributed by atoms with E-state index in [1.807, 2.05) is 0 Å². The summed E-state index contributed by atoms with van der Waals surface area (Å²) in [6, 6.07) is 0.894. The standard InChI is InChI=1S/C42H88NO2P/c1-7-9-11-13-15-17-19-21-23-25-27-29-31-33-35-37-39-44-46(43(41(3)4)42(5)6)45-40-38-36-34-32-30-28-26-24-22-20-18-16-14-12-10-8-2/h41-42H,7-40H2,1-6H3. The second kappa shape index (κ2) is 38.1. The molecule has 0 aliphatic heterocycles. The second-order valence-electron chi connectivity index (χ2n) is 15.1. The monoisotopic (exact) mass is 670 g/mol. The normalized spacial score (nSPS) is 12.1. The Hall–Kier alpha value is 0.310. The molecule has 3 nitrogen and oxygen atoms in total. The molecule has 0 aromatic heterocycles. The van der Waals surface area contributed by atoms with Crippen LogP contribution in [-0.4, -0.2) is 30.0 Å². The highest BCUT2D eigenvalue weighted by molar-refractivity contribution is 7.44. The van der Waals surface area contributed by atoms with E-state index < -0.39 is 8.53 Å². The molecule has 0 N–H and O–H groups in total. The lowest BCUT2D eigenvalue weighted by atomic mass is 10.0. The summed E-state index contributed by atoms with van der Waals surface area (Å²) in [6.45, 7) is 15.4. The van der Waals surface area contributed by atoms with Crippen molar-refractivity contribution in [2.45, 2.75) is 259 Å². The summed E-state index contributed by atoms with van der Waals surface area (Å²) in [5.74, 6) is 0. The van der Waals surface area contributed by atoms with Gasteiger partial charge in [-0.15, -0.1) is 0 Å². The Morgan fingerprint density at radius 1 is 0.326 bits per heavy atom. The molecule has 0 spiro atoms. The highest BCUT2D eigenvalue weighted by Gasteiger charge is 2.26. The fourth-order valence-electron chi connectivity index (χ4n) is 6.73. The van der Waals surface area contributed by atoms with E-state index in [2.05, 4.69) is 46.2 Å². The van der Waals surface area contributed by atoms with Crippen molar-refractivity contribution in [1.29, 1.82) is 0 Å². The van der Waals surface area contributed by atoms with Gasteiger partial charge in [0.25, 0.3) is 8.53 Å². The molecule has 0 atom stereocenters. The Morgan fingerprint density at radius 2 is 0.522 bits per heavy atom. The van der Waals surface area contributed by atoms with E-state index in [4.69, 9.17) is 9.05 Å². The van der Waals surface area contributed by atoms with Crippen molar-refractivity contribution in [3.8, 4) is 0 Å². The van der Waals surface area contributed by atoms with E-state index in [0.717, 1.165) is 13.2 Å². The van der Waals surface area contributed by atoms with Gasteiger partial charge in [-0.3, -0.25) is 0 Å². The van der Waals surface area contributed by atoms with Crippen molar-refractivity contribution in [3.63, 3.8) is 0 Å². The lowest BCUT2D eigenvalue weighted by molar-refractivity contribution is 0.170. The van der Waals surface area contributed by atoms with E-state index in [9.17, 15) is 0 Å². The lowest BCUT2D eigenvalue weighted by Gasteiger charge is -2.35.